The van der Waals surface area contributed by atoms with Gasteiger partial charge in [0.1, 0.15) is 23.2 Å². The molecule has 0 spiro atoms. The summed E-state index contributed by atoms with van der Waals surface area (Å²) in [5.41, 5.74) is 18.7. The number of benzene rings is 6. The zero-order valence-corrected chi connectivity index (χ0v) is 30.3. The molecule has 2 heterocycles. The third-order valence-corrected chi connectivity index (χ3v) is 12.0. The molecule has 4 nitrogen and oxygen atoms in total. The van der Waals surface area contributed by atoms with E-state index in [2.05, 4.69) is 153 Å². The van der Waals surface area contributed by atoms with Gasteiger partial charge >= 0.3 is 0 Å². The molecule has 4 aliphatic rings. The van der Waals surface area contributed by atoms with E-state index in [-0.39, 0.29) is 11.6 Å². The average molecular weight is 696 g/mol. The highest BCUT2D eigenvalue weighted by Gasteiger charge is 2.38. The topological polar surface area (TPSA) is 49.9 Å². The lowest BCUT2D eigenvalue weighted by Crippen LogP contribution is -2.33. The van der Waals surface area contributed by atoms with Crippen molar-refractivity contribution in [3.63, 3.8) is 0 Å². The van der Waals surface area contributed by atoms with E-state index in [4.69, 9.17) is 14.4 Å². The monoisotopic (exact) mass is 695 g/mol. The summed E-state index contributed by atoms with van der Waals surface area (Å²) in [4.78, 5) is 10.5. The molecule has 3 aliphatic carbocycles. The van der Waals surface area contributed by atoms with Crippen molar-refractivity contribution in [1.29, 1.82) is 0 Å². The number of hydrogen-bond donors (Lipinski definition) is 1. The number of aliphatic imine (C=N–C) groups is 2. The third kappa shape index (κ3) is 4.56. The molecule has 1 unspecified atom stereocenters. The van der Waals surface area contributed by atoms with E-state index in [1.807, 2.05) is 12.1 Å². The fraction of sp³-hybridized carbons (Fsp3) is 0.120. The Kier molecular flexibility index (Phi) is 6.60. The Bertz CT molecular complexity index is 2900. The predicted octanol–water partition coefficient (Wildman–Crippen LogP) is 12.2. The lowest BCUT2D eigenvalue weighted by molar-refractivity contribution is 0.653. The minimum absolute atomic E-state index is 0.177. The summed E-state index contributed by atoms with van der Waals surface area (Å²) < 4.78 is 6.54. The molecular formula is C50H37N3O. The normalized spacial score (nSPS) is 18.1. The molecule has 7 aromatic rings. The van der Waals surface area contributed by atoms with Gasteiger partial charge in [0.05, 0.1) is 0 Å². The van der Waals surface area contributed by atoms with Crippen LogP contribution >= 0.6 is 0 Å². The maximum atomic E-state index is 6.54. The standard InChI is InChI=1S/C50H37N3O/c1-29-35-16-7-8-17-36(35)37-22-21-34(27-41(29)37)49-52-47(30-12-5-4-6-13-30)51-48(53-49)33-15-11-14-31(26-33)32-20-23-40-43(28-32)50(2,3)42-25-24-39-38-18-9-10-19-44(38)54-46(39)45(40)42/h4-20,23-28,47H,1,21-22H2,2-3H3,(H,51,52,53). The Labute approximate surface area is 314 Å². The number of para-hydroxylation sites is 1. The van der Waals surface area contributed by atoms with E-state index in [9.17, 15) is 0 Å². The molecule has 11 rings (SSSR count). The molecule has 6 aromatic carbocycles. The maximum Gasteiger partial charge on any atom is 0.155 e. The van der Waals surface area contributed by atoms with Crippen LogP contribution < -0.4 is 5.32 Å². The third-order valence-electron chi connectivity index (χ3n) is 12.0. The molecule has 4 heteroatoms. The second-order valence-electron chi connectivity index (χ2n) is 15.4. The largest absolute Gasteiger partial charge is 0.455 e. The Morgan fingerprint density at radius 2 is 1.46 bits per heavy atom. The van der Waals surface area contributed by atoms with E-state index < -0.39 is 0 Å². The Morgan fingerprint density at radius 1 is 0.685 bits per heavy atom. The van der Waals surface area contributed by atoms with Crippen molar-refractivity contribution in [3.8, 4) is 22.3 Å². The van der Waals surface area contributed by atoms with E-state index >= 15 is 0 Å². The van der Waals surface area contributed by atoms with E-state index in [1.54, 1.807) is 0 Å². The van der Waals surface area contributed by atoms with Crippen LogP contribution in [0.1, 0.15) is 66.2 Å². The van der Waals surface area contributed by atoms with Gasteiger partial charge in [0, 0.05) is 27.3 Å². The molecule has 1 aliphatic heterocycles. The number of allylic oxidation sites excluding steroid dienone is 4. The van der Waals surface area contributed by atoms with Crippen LogP contribution in [0, 0.1) is 0 Å². The van der Waals surface area contributed by atoms with Gasteiger partial charge < -0.3 is 9.73 Å². The highest BCUT2D eigenvalue weighted by Crippen LogP contribution is 2.53. The smallest absolute Gasteiger partial charge is 0.155 e. The molecule has 0 bridgehead atoms. The summed E-state index contributed by atoms with van der Waals surface area (Å²) in [6, 6.07) is 47.6. The minimum Gasteiger partial charge on any atom is -0.455 e. The van der Waals surface area contributed by atoms with E-state index in [1.165, 1.54) is 55.5 Å². The predicted molar refractivity (Wildman–Crippen MR) is 223 cm³/mol. The van der Waals surface area contributed by atoms with Gasteiger partial charge in [-0.15, -0.1) is 0 Å². The van der Waals surface area contributed by atoms with Crippen molar-refractivity contribution in [2.75, 3.05) is 0 Å². The molecule has 0 amide bonds. The van der Waals surface area contributed by atoms with Gasteiger partial charge in [-0.05, 0) is 104 Å². The lowest BCUT2D eigenvalue weighted by atomic mass is 9.81. The first-order chi connectivity index (χ1) is 26.4. The average Bonchev–Trinajstić information content (AvgIpc) is 3.82. The van der Waals surface area contributed by atoms with Crippen LogP contribution in [-0.2, 0) is 5.41 Å². The number of nitrogens with zero attached hydrogens (tertiary/aromatic N) is 2. The van der Waals surface area contributed by atoms with Gasteiger partial charge in [-0.2, -0.15) is 0 Å². The fourth-order valence-corrected chi connectivity index (χ4v) is 9.18. The van der Waals surface area contributed by atoms with Crippen molar-refractivity contribution in [2.45, 2.75) is 38.3 Å². The van der Waals surface area contributed by atoms with Gasteiger partial charge in [0.15, 0.2) is 5.84 Å². The number of furan rings is 1. The highest BCUT2D eigenvalue weighted by molar-refractivity contribution is 6.15. The van der Waals surface area contributed by atoms with Gasteiger partial charge in [-0.25, -0.2) is 9.98 Å². The van der Waals surface area contributed by atoms with Crippen LogP contribution in [0.4, 0.5) is 0 Å². The molecule has 0 saturated carbocycles. The van der Waals surface area contributed by atoms with E-state index in [0.29, 0.717) is 0 Å². The molecule has 258 valence electrons. The summed E-state index contributed by atoms with van der Waals surface area (Å²) in [5.74, 6) is 1.61. The fourth-order valence-electron chi connectivity index (χ4n) is 9.18. The Hall–Kier alpha value is -6.52. The first kappa shape index (κ1) is 31.0. The molecular weight excluding hydrogens is 659 g/mol. The van der Waals surface area contributed by atoms with E-state index in [0.717, 1.165) is 68.9 Å². The van der Waals surface area contributed by atoms with Gasteiger partial charge in [0.2, 0.25) is 0 Å². The number of fused-ring (bicyclic) bond motifs is 9. The van der Waals surface area contributed by atoms with Gasteiger partial charge in [-0.3, -0.25) is 0 Å². The zero-order chi connectivity index (χ0) is 36.1. The molecule has 1 atom stereocenters. The van der Waals surface area contributed by atoms with Crippen LogP contribution in [0.25, 0.3) is 55.3 Å². The summed E-state index contributed by atoms with van der Waals surface area (Å²) in [6.45, 7) is 9.15. The Morgan fingerprint density at radius 3 is 2.35 bits per heavy atom. The molecule has 0 fully saturated rings. The summed E-state index contributed by atoms with van der Waals surface area (Å²) in [7, 11) is 0. The van der Waals surface area contributed by atoms with Crippen LogP contribution in [0.15, 0.2) is 172 Å². The number of rotatable bonds is 4. The number of amidine groups is 2. The molecule has 54 heavy (non-hydrogen) atoms. The first-order valence-corrected chi connectivity index (χ1v) is 18.8. The van der Waals surface area contributed by atoms with Crippen molar-refractivity contribution in [3.05, 3.63) is 191 Å². The summed E-state index contributed by atoms with van der Waals surface area (Å²) in [6.07, 6.45) is 3.85. The van der Waals surface area contributed by atoms with Crippen LogP contribution in [0.5, 0.6) is 0 Å². The van der Waals surface area contributed by atoms with Crippen molar-refractivity contribution in [1.82, 2.24) is 5.32 Å². The molecule has 1 aromatic heterocycles. The van der Waals surface area contributed by atoms with Crippen molar-refractivity contribution in [2.24, 2.45) is 9.98 Å². The Balaban J connectivity index is 0.983. The summed E-state index contributed by atoms with van der Waals surface area (Å²) in [5, 5.41) is 6.02. The second-order valence-corrected chi connectivity index (χ2v) is 15.4. The minimum atomic E-state index is -0.257. The van der Waals surface area contributed by atoms with Gasteiger partial charge in [0.25, 0.3) is 0 Å². The highest BCUT2D eigenvalue weighted by atomic mass is 16.3. The zero-order valence-electron chi connectivity index (χ0n) is 30.3. The van der Waals surface area contributed by atoms with Crippen LogP contribution in [0.3, 0.4) is 0 Å². The van der Waals surface area contributed by atoms with Crippen LogP contribution in [0.2, 0.25) is 0 Å². The molecule has 1 N–H and O–H groups in total. The summed E-state index contributed by atoms with van der Waals surface area (Å²) >= 11 is 0. The molecule has 0 saturated heterocycles. The van der Waals surface area contributed by atoms with Gasteiger partial charge in [-0.1, -0.05) is 136 Å². The maximum absolute atomic E-state index is 6.54. The second kappa shape index (κ2) is 11.5. The van der Waals surface area contributed by atoms with Crippen molar-refractivity contribution >= 4 is 44.8 Å². The number of hydrogen-bond acceptors (Lipinski definition) is 4. The van der Waals surface area contributed by atoms with Crippen molar-refractivity contribution < 1.29 is 4.42 Å². The molecule has 0 radical (unpaired) electrons. The quantitative estimate of drug-likeness (QED) is 0.199. The van der Waals surface area contributed by atoms with Crippen LogP contribution in [-0.4, -0.2) is 11.7 Å². The lowest BCUT2D eigenvalue weighted by Gasteiger charge is -2.26. The SMILES string of the molecule is C=C1C2=C(CCC(C3=NC(c4ccccc4)NC(c4cccc(-c5ccc6c(c5)C(C)(C)c5ccc7c(oc8ccccc87)c5-6)c4)=N3)=C2)c2ccccc21. The number of nitrogens with one attached hydrogen (secondary N) is 1. The first-order valence-electron chi connectivity index (χ1n) is 18.8.